The standard InChI is InChI=1S/C18H40O4Si2/c1-2-3-4-5-6-7-8-9-10-11-12-13-14-15-16-17-18-20-24(19)22-21-23/h2-18H2,1,23H3. The topological polar surface area (TPSA) is 44.8 Å². The van der Waals surface area contributed by atoms with Crippen molar-refractivity contribution < 1.29 is 18.0 Å². The molecule has 0 radical (unpaired) electrons. The van der Waals surface area contributed by atoms with E-state index in [0.717, 1.165) is 12.8 Å². The van der Waals surface area contributed by atoms with Gasteiger partial charge < -0.3 is 9.00 Å². The molecule has 0 saturated carbocycles. The molecule has 6 heteroatoms. The average molecular weight is 377 g/mol. The van der Waals surface area contributed by atoms with Crippen LogP contribution in [0.1, 0.15) is 110 Å². The monoisotopic (exact) mass is 376 g/mol. The summed E-state index contributed by atoms with van der Waals surface area (Å²) < 4.78 is 25.0. The lowest BCUT2D eigenvalue weighted by atomic mass is 10.0. The van der Waals surface area contributed by atoms with Crippen LogP contribution in [0.3, 0.4) is 0 Å². The smallest absolute Gasteiger partial charge is 0.495 e. The van der Waals surface area contributed by atoms with Gasteiger partial charge in [-0.25, -0.2) is 0 Å². The van der Waals surface area contributed by atoms with Gasteiger partial charge in [0.25, 0.3) is 0 Å². The molecule has 0 bridgehead atoms. The minimum Gasteiger partial charge on any atom is -0.495 e. The summed E-state index contributed by atoms with van der Waals surface area (Å²) in [6.07, 6.45) is 21.6. The lowest BCUT2D eigenvalue weighted by Crippen LogP contribution is -2.12. The second-order valence-corrected chi connectivity index (χ2v) is 7.94. The Morgan fingerprint density at radius 1 is 0.667 bits per heavy atom. The zero-order chi connectivity index (χ0) is 17.7. The SMILES string of the molecule is CCCCCCCCCCCCCCCCCCO[Si](=O)OO[SiH3]. The predicted molar refractivity (Wildman–Crippen MR) is 104 cm³/mol. The Kier molecular flexibility index (Phi) is 20.7. The number of hydrogen-bond acceptors (Lipinski definition) is 4. The molecule has 0 rings (SSSR count). The van der Waals surface area contributed by atoms with Crippen molar-refractivity contribution in [3.8, 4) is 0 Å². The lowest BCUT2D eigenvalue weighted by molar-refractivity contribution is -0.125. The first-order valence-corrected chi connectivity index (χ1v) is 12.2. The Balaban J connectivity index is 3.01. The Bertz CT molecular complexity index is 265. The van der Waals surface area contributed by atoms with E-state index >= 15 is 0 Å². The zero-order valence-electron chi connectivity index (χ0n) is 16.2. The third-order valence-corrected chi connectivity index (χ3v) is 5.61. The summed E-state index contributed by atoms with van der Waals surface area (Å²) in [5, 5.41) is 0. The molecule has 0 aliphatic carbocycles. The molecule has 0 atom stereocenters. The number of unbranched alkanes of at least 4 members (excludes halogenated alkanes) is 15. The number of hydrogen-bond donors (Lipinski definition) is 0. The van der Waals surface area contributed by atoms with Gasteiger partial charge in [-0.05, 0) is 6.42 Å². The quantitative estimate of drug-likeness (QED) is 0.131. The lowest BCUT2D eigenvalue weighted by Gasteiger charge is -2.04. The third kappa shape index (κ3) is 19.8. The Morgan fingerprint density at radius 2 is 1.04 bits per heavy atom. The zero-order valence-corrected chi connectivity index (χ0v) is 19.2. The van der Waals surface area contributed by atoms with Crippen LogP contribution < -0.4 is 0 Å². The van der Waals surface area contributed by atoms with Crippen LogP contribution in [0.25, 0.3) is 0 Å². The molecule has 0 aromatic carbocycles. The fraction of sp³-hybridized carbons (Fsp3) is 1.00. The molecule has 0 saturated heterocycles. The van der Waals surface area contributed by atoms with Crippen LogP contribution in [0.4, 0.5) is 0 Å². The van der Waals surface area contributed by atoms with Gasteiger partial charge in [-0.1, -0.05) is 103 Å². The first-order chi connectivity index (χ1) is 11.8. The van der Waals surface area contributed by atoms with Crippen LogP contribution in [0, 0.1) is 0 Å². The van der Waals surface area contributed by atoms with E-state index in [2.05, 4.69) is 16.1 Å². The van der Waals surface area contributed by atoms with Crippen molar-refractivity contribution in [1.82, 2.24) is 0 Å². The molecular weight excluding hydrogens is 336 g/mol. The van der Waals surface area contributed by atoms with E-state index in [9.17, 15) is 4.46 Å². The minimum absolute atomic E-state index is 0.421. The van der Waals surface area contributed by atoms with Gasteiger partial charge in [0.2, 0.25) is 10.5 Å². The largest absolute Gasteiger partial charge is 0.800 e. The molecule has 0 N–H and O–H groups in total. The van der Waals surface area contributed by atoms with Gasteiger partial charge in [0, 0.05) is 0 Å². The van der Waals surface area contributed by atoms with Gasteiger partial charge in [-0.3, -0.25) is 9.04 Å². The second-order valence-electron chi connectivity index (χ2n) is 6.65. The Hall–Kier alpha value is -0.206. The first-order valence-electron chi connectivity index (χ1n) is 10.2. The summed E-state index contributed by atoms with van der Waals surface area (Å²) in [5.41, 5.74) is 0. The fourth-order valence-electron chi connectivity index (χ4n) is 2.90. The van der Waals surface area contributed by atoms with Crippen LogP contribution in [0.15, 0.2) is 0 Å². The van der Waals surface area contributed by atoms with E-state index in [1.54, 1.807) is 0 Å². The fourth-order valence-corrected chi connectivity index (χ4v) is 3.80. The summed E-state index contributed by atoms with van der Waals surface area (Å²) in [7, 11) is -1.98. The van der Waals surface area contributed by atoms with Crippen molar-refractivity contribution in [3.05, 3.63) is 0 Å². The summed E-state index contributed by atoms with van der Waals surface area (Å²) in [4.78, 5) is 0. The maximum atomic E-state index is 11.0. The number of rotatable bonds is 20. The van der Waals surface area contributed by atoms with E-state index in [0.29, 0.717) is 17.1 Å². The molecule has 0 amide bonds. The van der Waals surface area contributed by atoms with Crippen molar-refractivity contribution in [2.45, 2.75) is 110 Å². The van der Waals surface area contributed by atoms with Gasteiger partial charge in [0.1, 0.15) is 0 Å². The summed E-state index contributed by atoms with van der Waals surface area (Å²) in [6, 6.07) is 0. The summed E-state index contributed by atoms with van der Waals surface area (Å²) in [6.45, 7) is 2.79. The van der Waals surface area contributed by atoms with E-state index in [1.165, 1.54) is 89.9 Å². The molecule has 0 aromatic rings. The summed E-state index contributed by atoms with van der Waals surface area (Å²) in [5.74, 6) is 0. The van der Waals surface area contributed by atoms with Crippen molar-refractivity contribution in [1.29, 1.82) is 0 Å². The van der Waals surface area contributed by atoms with Crippen molar-refractivity contribution in [3.63, 3.8) is 0 Å². The molecular formula is C18H40O4Si2. The predicted octanol–water partition coefficient (Wildman–Crippen LogP) is 4.91. The van der Waals surface area contributed by atoms with E-state index in [4.69, 9.17) is 4.43 Å². The first kappa shape index (κ1) is 23.8. The maximum absolute atomic E-state index is 11.0. The van der Waals surface area contributed by atoms with Crippen LogP contribution >= 0.6 is 0 Å². The van der Waals surface area contributed by atoms with Gasteiger partial charge in [-0.15, -0.1) is 0 Å². The minimum atomic E-state index is -2.40. The highest BCUT2D eigenvalue weighted by molar-refractivity contribution is 6.26. The second kappa shape index (κ2) is 20.8. The molecule has 4 nitrogen and oxygen atoms in total. The van der Waals surface area contributed by atoms with Gasteiger partial charge >= 0.3 is 9.17 Å². The van der Waals surface area contributed by atoms with Crippen LogP contribution in [-0.4, -0.2) is 26.3 Å². The van der Waals surface area contributed by atoms with Gasteiger partial charge in [0.05, 0.1) is 6.61 Å². The highest BCUT2D eigenvalue weighted by atomic mass is 28.3. The molecule has 0 aliphatic heterocycles. The van der Waals surface area contributed by atoms with E-state index in [1.807, 2.05) is 0 Å². The van der Waals surface area contributed by atoms with E-state index < -0.39 is 9.17 Å². The average Bonchev–Trinajstić information content (AvgIpc) is 2.58. The van der Waals surface area contributed by atoms with E-state index in [-0.39, 0.29) is 0 Å². The molecule has 0 heterocycles. The van der Waals surface area contributed by atoms with Crippen LogP contribution in [0.2, 0.25) is 0 Å². The highest BCUT2D eigenvalue weighted by Crippen LogP contribution is 2.13. The normalized spacial score (nSPS) is 10.9. The molecule has 0 spiro atoms. The molecule has 0 aliphatic rings. The van der Waals surface area contributed by atoms with Crippen molar-refractivity contribution in [2.75, 3.05) is 6.61 Å². The molecule has 0 unspecified atom stereocenters. The summed E-state index contributed by atoms with van der Waals surface area (Å²) >= 11 is 0. The van der Waals surface area contributed by atoms with Crippen LogP contribution in [-0.2, 0) is 18.0 Å². The molecule has 144 valence electrons. The van der Waals surface area contributed by atoms with Gasteiger partial charge in [0.15, 0.2) is 0 Å². The Morgan fingerprint density at radius 3 is 1.42 bits per heavy atom. The van der Waals surface area contributed by atoms with Crippen LogP contribution in [0.5, 0.6) is 0 Å². The van der Waals surface area contributed by atoms with Crippen molar-refractivity contribution in [2.24, 2.45) is 0 Å². The van der Waals surface area contributed by atoms with Gasteiger partial charge in [-0.2, -0.15) is 0 Å². The molecule has 0 aromatic heterocycles. The maximum Gasteiger partial charge on any atom is 0.800 e. The molecule has 0 fully saturated rings. The third-order valence-electron chi connectivity index (χ3n) is 4.37. The molecule has 24 heavy (non-hydrogen) atoms. The highest BCUT2D eigenvalue weighted by Gasteiger charge is 2.10. The van der Waals surface area contributed by atoms with Crippen molar-refractivity contribution >= 4 is 19.7 Å². The Labute approximate surface area is 154 Å².